The molecular formula is C19H25N5S3. The summed E-state index contributed by atoms with van der Waals surface area (Å²) in [5.41, 5.74) is 2.50. The number of likely N-dealkylation sites (tertiary alicyclic amines) is 1. The van der Waals surface area contributed by atoms with Crippen LogP contribution < -0.4 is 0 Å². The van der Waals surface area contributed by atoms with Gasteiger partial charge < -0.3 is 4.90 Å². The van der Waals surface area contributed by atoms with Crippen LogP contribution in [0.5, 0.6) is 0 Å². The summed E-state index contributed by atoms with van der Waals surface area (Å²) >= 11 is 5.38. The minimum Gasteiger partial charge on any atom is -0.303 e. The SMILES string of the molecule is CSc1nc2sc3c(c2c2nnc(SCCN4CCCC4)n12)CC[C@@H](C)C3. The Hall–Kier alpha value is -0.830. The molecule has 8 heteroatoms. The zero-order valence-corrected chi connectivity index (χ0v) is 18.4. The van der Waals surface area contributed by atoms with Crippen LogP contribution in [0.2, 0.25) is 0 Å². The topological polar surface area (TPSA) is 46.3 Å². The molecule has 0 radical (unpaired) electrons. The maximum atomic E-state index is 5.01. The quantitative estimate of drug-likeness (QED) is 0.452. The Balaban J connectivity index is 1.52. The highest BCUT2D eigenvalue weighted by molar-refractivity contribution is 7.99. The molecule has 0 spiro atoms. The fourth-order valence-corrected chi connectivity index (χ4v) is 7.25. The van der Waals surface area contributed by atoms with Gasteiger partial charge in [-0.25, -0.2) is 9.38 Å². The fourth-order valence-electron chi connectivity index (χ4n) is 4.29. The predicted octanol–water partition coefficient (Wildman–Crippen LogP) is 4.37. The highest BCUT2D eigenvalue weighted by Crippen LogP contribution is 2.40. The number of hydrogen-bond acceptors (Lipinski definition) is 7. The van der Waals surface area contributed by atoms with E-state index in [0.29, 0.717) is 0 Å². The second-order valence-electron chi connectivity index (χ2n) is 7.67. The molecular weight excluding hydrogens is 394 g/mol. The van der Waals surface area contributed by atoms with E-state index in [1.54, 1.807) is 11.8 Å². The molecule has 0 aromatic carbocycles. The van der Waals surface area contributed by atoms with Gasteiger partial charge in [0.25, 0.3) is 0 Å². The number of thiophene rings is 1. The number of nitrogens with zero attached hydrogens (tertiary/aromatic N) is 5. The molecule has 1 aliphatic carbocycles. The first-order chi connectivity index (χ1) is 13.2. The van der Waals surface area contributed by atoms with Crippen molar-refractivity contribution in [2.75, 3.05) is 31.6 Å². The Morgan fingerprint density at radius 2 is 2.04 bits per heavy atom. The monoisotopic (exact) mass is 419 g/mol. The Morgan fingerprint density at radius 3 is 2.85 bits per heavy atom. The summed E-state index contributed by atoms with van der Waals surface area (Å²) in [4.78, 5) is 10.2. The Bertz CT molecular complexity index is 973. The summed E-state index contributed by atoms with van der Waals surface area (Å²) in [5.74, 6) is 1.84. The number of fused-ring (bicyclic) bond motifs is 5. The van der Waals surface area contributed by atoms with Crippen molar-refractivity contribution >= 4 is 50.7 Å². The van der Waals surface area contributed by atoms with Crippen molar-refractivity contribution in [3.63, 3.8) is 0 Å². The van der Waals surface area contributed by atoms with E-state index < -0.39 is 0 Å². The highest BCUT2D eigenvalue weighted by Gasteiger charge is 2.25. The minimum atomic E-state index is 0.774. The molecule has 2 aliphatic rings. The summed E-state index contributed by atoms with van der Waals surface area (Å²) in [6.07, 6.45) is 8.39. The fraction of sp³-hybridized carbons (Fsp3) is 0.632. The predicted molar refractivity (Wildman–Crippen MR) is 116 cm³/mol. The van der Waals surface area contributed by atoms with Gasteiger partial charge in [-0.1, -0.05) is 30.4 Å². The molecule has 1 atom stereocenters. The third-order valence-electron chi connectivity index (χ3n) is 5.76. The first kappa shape index (κ1) is 18.2. The number of aryl methyl sites for hydroxylation is 1. The molecule has 0 unspecified atom stereocenters. The van der Waals surface area contributed by atoms with Gasteiger partial charge in [0.2, 0.25) is 0 Å². The first-order valence-electron chi connectivity index (χ1n) is 9.83. The normalized spacial score (nSPS) is 20.7. The van der Waals surface area contributed by atoms with E-state index in [1.165, 1.54) is 54.6 Å². The van der Waals surface area contributed by atoms with Crippen LogP contribution in [0.15, 0.2) is 10.3 Å². The van der Waals surface area contributed by atoms with Crippen LogP contribution >= 0.6 is 34.9 Å². The summed E-state index contributed by atoms with van der Waals surface area (Å²) < 4.78 is 2.20. The second kappa shape index (κ2) is 7.54. The summed E-state index contributed by atoms with van der Waals surface area (Å²) in [5, 5.41) is 12.5. The van der Waals surface area contributed by atoms with E-state index in [1.807, 2.05) is 23.1 Å². The molecule has 0 bridgehead atoms. The zero-order chi connectivity index (χ0) is 18.4. The molecule has 0 amide bonds. The van der Waals surface area contributed by atoms with Crippen molar-refractivity contribution in [2.45, 2.75) is 49.3 Å². The van der Waals surface area contributed by atoms with E-state index in [4.69, 9.17) is 4.98 Å². The molecule has 0 saturated carbocycles. The molecule has 1 fully saturated rings. The van der Waals surface area contributed by atoms with Gasteiger partial charge in [-0.2, -0.15) is 0 Å². The van der Waals surface area contributed by atoms with Crippen molar-refractivity contribution in [2.24, 2.45) is 5.92 Å². The molecule has 144 valence electrons. The number of aromatic nitrogens is 4. The molecule has 5 rings (SSSR count). The largest absolute Gasteiger partial charge is 0.303 e. The van der Waals surface area contributed by atoms with Crippen molar-refractivity contribution < 1.29 is 0 Å². The Morgan fingerprint density at radius 1 is 1.19 bits per heavy atom. The number of hydrogen-bond donors (Lipinski definition) is 0. The second-order valence-corrected chi connectivity index (χ2v) is 10.6. The lowest BCUT2D eigenvalue weighted by atomic mass is 9.89. The maximum Gasteiger partial charge on any atom is 0.197 e. The third-order valence-corrected chi connectivity index (χ3v) is 8.45. The van der Waals surface area contributed by atoms with Crippen LogP contribution in [0.1, 0.15) is 36.6 Å². The Labute approximate surface area is 172 Å². The van der Waals surface area contributed by atoms with Crippen LogP contribution in [-0.4, -0.2) is 56.1 Å². The van der Waals surface area contributed by atoms with E-state index in [9.17, 15) is 0 Å². The van der Waals surface area contributed by atoms with E-state index in [0.717, 1.165) is 45.4 Å². The molecule has 1 saturated heterocycles. The van der Waals surface area contributed by atoms with Gasteiger partial charge in [0.15, 0.2) is 16.0 Å². The number of thioether (sulfide) groups is 2. The molecule has 1 aliphatic heterocycles. The van der Waals surface area contributed by atoms with Crippen LogP contribution in [0.3, 0.4) is 0 Å². The zero-order valence-electron chi connectivity index (χ0n) is 15.9. The van der Waals surface area contributed by atoms with Gasteiger partial charge >= 0.3 is 0 Å². The summed E-state index contributed by atoms with van der Waals surface area (Å²) in [6.45, 7) is 5.99. The minimum absolute atomic E-state index is 0.774. The van der Waals surface area contributed by atoms with Crippen molar-refractivity contribution in [1.82, 2.24) is 24.5 Å². The van der Waals surface area contributed by atoms with Gasteiger partial charge in [0.1, 0.15) is 4.83 Å². The molecule has 3 aromatic rings. The van der Waals surface area contributed by atoms with Gasteiger partial charge in [-0.3, -0.25) is 0 Å². The third kappa shape index (κ3) is 3.28. The van der Waals surface area contributed by atoms with E-state index in [2.05, 4.69) is 32.7 Å². The van der Waals surface area contributed by atoms with E-state index >= 15 is 0 Å². The average molecular weight is 420 g/mol. The van der Waals surface area contributed by atoms with Gasteiger partial charge in [0, 0.05) is 17.2 Å². The average Bonchev–Trinajstić information content (AvgIpc) is 3.38. The summed E-state index contributed by atoms with van der Waals surface area (Å²) in [6, 6.07) is 0. The van der Waals surface area contributed by atoms with Crippen LogP contribution in [0, 0.1) is 5.92 Å². The van der Waals surface area contributed by atoms with Crippen LogP contribution in [0.4, 0.5) is 0 Å². The molecule has 27 heavy (non-hydrogen) atoms. The van der Waals surface area contributed by atoms with E-state index in [-0.39, 0.29) is 0 Å². The molecule has 3 aromatic heterocycles. The van der Waals surface area contributed by atoms with Gasteiger partial charge in [0.05, 0.1) is 5.39 Å². The maximum absolute atomic E-state index is 5.01. The lowest BCUT2D eigenvalue weighted by molar-refractivity contribution is 0.362. The standard InChI is InChI=1S/C19H25N5S3/c1-12-5-6-13-14(11-12)27-17-15(13)16-21-22-19(24(16)18(20-17)25-2)26-10-9-23-7-3-4-8-23/h12H,3-11H2,1-2H3/t12-/m1/s1. The van der Waals surface area contributed by atoms with Crippen LogP contribution in [0.25, 0.3) is 15.9 Å². The molecule has 5 nitrogen and oxygen atoms in total. The van der Waals surface area contributed by atoms with Crippen molar-refractivity contribution in [3.8, 4) is 0 Å². The summed E-state index contributed by atoms with van der Waals surface area (Å²) in [7, 11) is 0. The highest BCUT2D eigenvalue weighted by atomic mass is 32.2. The molecule has 4 heterocycles. The van der Waals surface area contributed by atoms with Crippen molar-refractivity contribution in [1.29, 1.82) is 0 Å². The van der Waals surface area contributed by atoms with Gasteiger partial charge in [-0.15, -0.1) is 21.5 Å². The lowest BCUT2D eigenvalue weighted by Gasteiger charge is -2.17. The van der Waals surface area contributed by atoms with Crippen molar-refractivity contribution in [3.05, 3.63) is 10.4 Å². The number of rotatable bonds is 5. The van der Waals surface area contributed by atoms with Gasteiger partial charge in [-0.05, 0) is 62.9 Å². The first-order valence-corrected chi connectivity index (χ1v) is 12.9. The smallest absolute Gasteiger partial charge is 0.197 e. The van der Waals surface area contributed by atoms with Crippen LogP contribution in [-0.2, 0) is 12.8 Å². The molecule has 0 N–H and O–H groups in total. The lowest BCUT2D eigenvalue weighted by Crippen LogP contribution is -2.21. The Kier molecular flexibility index (Phi) is 5.08.